The van der Waals surface area contributed by atoms with Crippen LogP contribution in [0.5, 0.6) is 5.75 Å². The van der Waals surface area contributed by atoms with E-state index in [2.05, 4.69) is 11.0 Å². The summed E-state index contributed by atoms with van der Waals surface area (Å²) in [5, 5.41) is 0. The third kappa shape index (κ3) is 4.43. The van der Waals surface area contributed by atoms with Crippen LogP contribution in [0.15, 0.2) is 48.5 Å². The Morgan fingerprint density at radius 3 is 2.55 bits per heavy atom. The molecule has 0 radical (unpaired) electrons. The minimum Gasteiger partial charge on any atom is -0.494 e. The molecule has 0 bridgehead atoms. The fourth-order valence-corrected chi connectivity index (χ4v) is 4.16. The number of nitrogens with zero attached hydrogens (tertiary/aromatic N) is 2. The molecule has 0 unspecified atom stereocenters. The number of anilines is 1. The largest absolute Gasteiger partial charge is 0.494 e. The number of morpholine rings is 1. The number of para-hydroxylation sites is 1. The van der Waals surface area contributed by atoms with Crippen molar-refractivity contribution in [1.82, 2.24) is 4.90 Å². The fourth-order valence-electron chi connectivity index (χ4n) is 4.16. The number of hydrogen-bond donors (Lipinski definition) is 0. The molecular formula is C23H27FN2O3. The normalized spacial score (nSPS) is 19.5. The molecule has 154 valence electrons. The zero-order valence-corrected chi connectivity index (χ0v) is 16.8. The van der Waals surface area contributed by atoms with E-state index in [9.17, 15) is 9.18 Å². The first kappa shape index (κ1) is 19.9. The van der Waals surface area contributed by atoms with Crippen LogP contribution in [0.1, 0.15) is 25.3 Å². The van der Waals surface area contributed by atoms with Gasteiger partial charge in [-0.05, 0) is 50.1 Å². The van der Waals surface area contributed by atoms with Crippen molar-refractivity contribution in [3.05, 3.63) is 59.9 Å². The summed E-state index contributed by atoms with van der Waals surface area (Å²) in [4.78, 5) is 16.5. The van der Waals surface area contributed by atoms with Gasteiger partial charge in [-0.25, -0.2) is 4.39 Å². The first-order valence-corrected chi connectivity index (χ1v) is 10.2. The molecule has 2 heterocycles. The van der Waals surface area contributed by atoms with Crippen LogP contribution in [0, 0.1) is 5.82 Å². The topological polar surface area (TPSA) is 42.0 Å². The zero-order valence-electron chi connectivity index (χ0n) is 16.8. The third-order valence-electron chi connectivity index (χ3n) is 5.82. The van der Waals surface area contributed by atoms with Gasteiger partial charge in [0.25, 0.3) is 5.91 Å². The molecule has 2 aromatic carbocycles. The Morgan fingerprint density at radius 2 is 1.83 bits per heavy atom. The monoisotopic (exact) mass is 398 g/mol. The number of halogens is 1. The maximum atomic E-state index is 13.3. The second kappa shape index (κ2) is 8.51. The Balaban J connectivity index is 1.40. The van der Waals surface area contributed by atoms with Gasteiger partial charge in [-0.15, -0.1) is 0 Å². The van der Waals surface area contributed by atoms with Gasteiger partial charge in [-0.3, -0.25) is 9.69 Å². The summed E-state index contributed by atoms with van der Waals surface area (Å²) >= 11 is 0. The molecule has 1 amide bonds. The highest BCUT2D eigenvalue weighted by Crippen LogP contribution is 2.33. The number of rotatable bonds is 5. The van der Waals surface area contributed by atoms with E-state index in [1.54, 1.807) is 17.0 Å². The van der Waals surface area contributed by atoms with E-state index >= 15 is 0 Å². The summed E-state index contributed by atoms with van der Waals surface area (Å²) in [5.74, 6) is 0.567. The maximum absolute atomic E-state index is 13.3. The molecule has 4 rings (SSSR count). The molecule has 5 nitrogen and oxygen atoms in total. The molecule has 0 saturated carbocycles. The van der Waals surface area contributed by atoms with Crippen molar-refractivity contribution in [2.24, 2.45) is 0 Å². The molecule has 0 N–H and O–H groups in total. The summed E-state index contributed by atoms with van der Waals surface area (Å²) in [6.07, 6.45) is 1.71. The van der Waals surface area contributed by atoms with Crippen molar-refractivity contribution in [3.8, 4) is 5.75 Å². The molecule has 2 fully saturated rings. The van der Waals surface area contributed by atoms with Gasteiger partial charge in [-0.2, -0.15) is 0 Å². The molecule has 29 heavy (non-hydrogen) atoms. The van der Waals surface area contributed by atoms with E-state index < -0.39 is 0 Å². The van der Waals surface area contributed by atoms with Gasteiger partial charge in [0.15, 0.2) is 0 Å². The van der Waals surface area contributed by atoms with E-state index in [1.807, 2.05) is 25.1 Å². The third-order valence-corrected chi connectivity index (χ3v) is 5.82. The quantitative estimate of drug-likeness (QED) is 0.772. The maximum Gasteiger partial charge on any atom is 0.253 e. The summed E-state index contributed by atoms with van der Waals surface area (Å²) in [5.41, 5.74) is 1.59. The lowest BCUT2D eigenvalue weighted by atomic mass is 9.88. The van der Waals surface area contributed by atoms with E-state index in [4.69, 9.17) is 9.47 Å². The molecular weight excluding hydrogens is 371 g/mol. The number of benzene rings is 2. The lowest BCUT2D eigenvalue weighted by molar-refractivity contribution is -0.145. The van der Waals surface area contributed by atoms with Gasteiger partial charge < -0.3 is 14.4 Å². The second-order valence-corrected chi connectivity index (χ2v) is 7.74. The Labute approximate surface area is 171 Å². The van der Waals surface area contributed by atoms with E-state index in [1.165, 1.54) is 17.7 Å². The van der Waals surface area contributed by atoms with Crippen molar-refractivity contribution < 1.29 is 18.7 Å². The van der Waals surface area contributed by atoms with Crippen molar-refractivity contribution in [1.29, 1.82) is 0 Å². The van der Waals surface area contributed by atoms with Gasteiger partial charge in [0.05, 0.1) is 18.8 Å². The minimum atomic E-state index is -0.335. The van der Waals surface area contributed by atoms with Crippen molar-refractivity contribution >= 4 is 11.6 Å². The van der Waals surface area contributed by atoms with Crippen LogP contribution in [0.25, 0.3) is 0 Å². The van der Waals surface area contributed by atoms with Gasteiger partial charge in [-0.1, -0.05) is 18.2 Å². The van der Waals surface area contributed by atoms with Crippen LogP contribution in [0.3, 0.4) is 0 Å². The number of likely N-dealkylation sites (tertiary alicyclic amines) is 1. The van der Waals surface area contributed by atoms with Crippen LogP contribution in [-0.4, -0.2) is 49.3 Å². The molecule has 0 aromatic heterocycles. The Bertz CT molecular complexity index is 847. The predicted octanol–water partition coefficient (Wildman–Crippen LogP) is 3.62. The van der Waals surface area contributed by atoms with Crippen molar-refractivity contribution in [2.75, 3.05) is 37.7 Å². The van der Waals surface area contributed by atoms with Crippen molar-refractivity contribution in [3.63, 3.8) is 0 Å². The van der Waals surface area contributed by atoms with Gasteiger partial charge in [0, 0.05) is 30.9 Å². The highest BCUT2D eigenvalue weighted by atomic mass is 19.1. The zero-order chi connectivity index (χ0) is 20.3. The Hall–Kier alpha value is -2.44. The van der Waals surface area contributed by atoms with Gasteiger partial charge in [0.2, 0.25) is 0 Å². The highest BCUT2D eigenvalue weighted by molar-refractivity contribution is 5.95. The average molecular weight is 398 g/mol. The molecule has 6 heteroatoms. The highest BCUT2D eigenvalue weighted by Gasteiger charge is 2.42. The lowest BCUT2D eigenvalue weighted by Gasteiger charge is -2.47. The van der Waals surface area contributed by atoms with Crippen molar-refractivity contribution in [2.45, 2.75) is 31.9 Å². The van der Waals surface area contributed by atoms with E-state index in [0.29, 0.717) is 13.2 Å². The number of carbonyl (C=O) groups is 1. The molecule has 2 aliphatic heterocycles. The van der Waals surface area contributed by atoms with E-state index in [-0.39, 0.29) is 23.9 Å². The van der Waals surface area contributed by atoms with E-state index in [0.717, 1.165) is 43.9 Å². The van der Waals surface area contributed by atoms with Crippen LogP contribution >= 0.6 is 0 Å². The average Bonchev–Trinajstić information content (AvgIpc) is 2.74. The number of amides is 1. The standard InChI is InChI=1S/C23H27FN2O3/c1-2-28-21-6-4-3-5-18(21)15-25-13-11-23(12-14-25)17-26(22(27)16-29-23)20-9-7-19(24)8-10-20/h3-10H,2,11-17H2,1H3. The summed E-state index contributed by atoms with van der Waals surface area (Å²) in [6.45, 7) is 5.87. The first-order valence-electron chi connectivity index (χ1n) is 10.2. The molecule has 0 aliphatic carbocycles. The SMILES string of the molecule is CCOc1ccccc1CN1CCC2(CC1)CN(c1ccc(F)cc1)C(=O)CO2. The Morgan fingerprint density at radius 1 is 1.10 bits per heavy atom. The molecule has 2 aromatic rings. The van der Waals surface area contributed by atoms with Crippen LogP contribution in [0.2, 0.25) is 0 Å². The predicted molar refractivity (Wildman–Crippen MR) is 110 cm³/mol. The molecule has 0 atom stereocenters. The summed E-state index contributed by atoms with van der Waals surface area (Å²) in [6, 6.07) is 14.3. The van der Waals surface area contributed by atoms with Crippen LogP contribution in [0.4, 0.5) is 10.1 Å². The number of piperidine rings is 1. The lowest BCUT2D eigenvalue weighted by Crippen LogP contribution is -2.58. The number of carbonyl (C=O) groups excluding carboxylic acids is 1. The second-order valence-electron chi connectivity index (χ2n) is 7.74. The van der Waals surface area contributed by atoms with Gasteiger partial charge in [0.1, 0.15) is 18.2 Å². The number of ether oxygens (including phenoxy) is 2. The summed E-state index contributed by atoms with van der Waals surface area (Å²) < 4.78 is 25.0. The molecule has 1 spiro atoms. The molecule has 2 saturated heterocycles. The van der Waals surface area contributed by atoms with Crippen LogP contribution in [-0.2, 0) is 16.1 Å². The fraction of sp³-hybridized carbons (Fsp3) is 0.435. The minimum absolute atomic E-state index is 0.0738. The summed E-state index contributed by atoms with van der Waals surface area (Å²) in [7, 11) is 0. The van der Waals surface area contributed by atoms with Crippen LogP contribution < -0.4 is 9.64 Å². The molecule has 2 aliphatic rings. The first-order chi connectivity index (χ1) is 14.1. The Kier molecular flexibility index (Phi) is 5.83. The smallest absolute Gasteiger partial charge is 0.253 e. The van der Waals surface area contributed by atoms with Gasteiger partial charge >= 0.3 is 0 Å². The number of hydrogen-bond acceptors (Lipinski definition) is 4.